The van der Waals surface area contributed by atoms with Crippen molar-refractivity contribution in [3.05, 3.63) is 35.4 Å². The first-order valence-corrected chi connectivity index (χ1v) is 5.39. The van der Waals surface area contributed by atoms with Crippen LogP contribution in [0.4, 0.5) is 8.78 Å². The van der Waals surface area contributed by atoms with E-state index in [1.807, 2.05) is 0 Å². The van der Waals surface area contributed by atoms with Gasteiger partial charge in [0.25, 0.3) is 0 Å². The summed E-state index contributed by atoms with van der Waals surface area (Å²) in [7, 11) is 0. The van der Waals surface area contributed by atoms with E-state index in [2.05, 4.69) is 9.98 Å². The Morgan fingerprint density at radius 2 is 2.11 bits per heavy atom. The van der Waals surface area contributed by atoms with Gasteiger partial charge in [0.15, 0.2) is 0 Å². The van der Waals surface area contributed by atoms with Crippen molar-refractivity contribution >= 4 is 12.6 Å². The smallest absolute Gasteiger partial charge is 0.132 e. The largest absolute Gasteiger partial charge is 0.393 e. The van der Waals surface area contributed by atoms with Gasteiger partial charge in [-0.15, -0.1) is 0 Å². The Balaban J connectivity index is 2.30. The molecule has 2 atom stereocenters. The van der Waals surface area contributed by atoms with E-state index in [9.17, 15) is 19.0 Å². The monoisotopic (exact) mass is 254 g/mol. The highest BCUT2D eigenvalue weighted by molar-refractivity contribution is 5.82. The summed E-state index contributed by atoms with van der Waals surface area (Å²) in [6.45, 7) is -0.685. The Bertz CT molecular complexity index is 493. The first-order valence-electron chi connectivity index (χ1n) is 5.39. The summed E-state index contributed by atoms with van der Waals surface area (Å²) in [5.74, 6) is -1.64. The lowest BCUT2D eigenvalue weighted by molar-refractivity contribution is -0.0294. The molecule has 0 bridgehead atoms. The third-order valence-corrected chi connectivity index (χ3v) is 2.82. The first kappa shape index (κ1) is 12.8. The van der Waals surface area contributed by atoms with Crippen molar-refractivity contribution in [2.75, 3.05) is 6.61 Å². The van der Waals surface area contributed by atoms with Gasteiger partial charge in [-0.2, -0.15) is 0 Å². The van der Waals surface area contributed by atoms with E-state index < -0.39 is 29.9 Å². The number of hydrogen-bond acceptors (Lipinski definition) is 4. The summed E-state index contributed by atoms with van der Waals surface area (Å²) in [5.41, 5.74) is -1.96. The van der Waals surface area contributed by atoms with Crippen molar-refractivity contribution in [3.63, 3.8) is 0 Å². The van der Waals surface area contributed by atoms with Gasteiger partial charge in [0.2, 0.25) is 0 Å². The van der Waals surface area contributed by atoms with Gasteiger partial charge in [-0.25, -0.2) is 13.8 Å². The number of aliphatic imine (C=N–C) groups is 2. The number of benzene rings is 1. The fourth-order valence-corrected chi connectivity index (χ4v) is 1.88. The zero-order valence-corrected chi connectivity index (χ0v) is 9.42. The van der Waals surface area contributed by atoms with Gasteiger partial charge in [0.05, 0.1) is 12.6 Å². The van der Waals surface area contributed by atoms with Crippen LogP contribution in [0.25, 0.3) is 0 Å². The van der Waals surface area contributed by atoms with E-state index in [0.29, 0.717) is 6.07 Å². The minimum atomic E-state index is -1.81. The van der Waals surface area contributed by atoms with E-state index in [0.717, 1.165) is 12.1 Å². The molecular weight excluding hydrogens is 242 g/mol. The minimum Gasteiger partial charge on any atom is -0.393 e. The molecule has 1 aromatic carbocycles. The second kappa shape index (κ2) is 4.91. The molecule has 96 valence electrons. The quantitative estimate of drug-likeness (QED) is 0.842. The summed E-state index contributed by atoms with van der Waals surface area (Å²) in [4.78, 5) is 7.68. The zero-order chi connectivity index (χ0) is 13.2. The van der Waals surface area contributed by atoms with E-state index in [1.165, 1.54) is 12.6 Å². The average molecular weight is 254 g/mol. The summed E-state index contributed by atoms with van der Waals surface area (Å²) in [6, 6.07) is 2.40. The van der Waals surface area contributed by atoms with Gasteiger partial charge < -0.3 is 10.2 Å². The summed E-state index contributed by atoms with van der Waals surface area (Å²) >= 11 is 0. The lowest BCUT2D eigenvalue weighted by Gasteiger charge is -2.27. The van der Waals surface area contributed by atoms with Crippen molar-refractivity contribution in [1.29, 1.82) is 0 Å². The van der Waals surface area contributed by atoms with E-state index in [4.69, 9.17) is 0 Å². The van der Waals surface area contributed by atoms with Crippen molar-refractivity contribution in [1.82, 2.24) is 0 Å². The molecule has 2 N–H and O–H groups in total. The summed E-state index contributed by atoms with van der Waals surface area (Å²) in [5, 5.41) is 19.6. The zero-order valence-electron chi connectivity index (χ0n) is 9.42. The van der Waals surface area contributed by atoms with Crippen LogP contribution in [0.1, 0.15) is 12.0 Å². The van der Waals surface area contributed by atoms with E-state index >= 15 is 0 Å². The van der Waals surface area contributed by atoms with Crippen LogP contribution in [0.2, 0.25) is 0 Å². The molecule has 0 saturated carbocycles. The predicted octanol–water partition coefficient (Wildman–Crippen LogP) is 1.02. The highest BCUT2D eigenvalue weighted by atomic mass is 19.1. The van der Waals surface area contributed by atoms with Crippen molar-refractivity contribution < 1.29 is 19.0 Å². The maximum atomic E-state index is 13.6. The molecule has 0 aromatic heterocycles. The van der Waals surface area contributed by atoms with Crippen LogP contribution < -0.4 is 0 Å². The van der Waals surface area contributed by atoms with Crippen LogP contribution in [0.5, 0.6) is 0 Å². The van der Waals surface area contributed by atoms with E-state index in [-0.39, 0.29) is 12.0 Å². The molecule has 0 fully saturated rings. The van der Waals surface area contributed by atoms with Crippen molar-refractivity contribution in [2.45, 2.75) is 18.1 Å². The van der Waals surface area contributed by atoms with Gasteiger partial charge in [-0.3, -0.25) is 4.99 Å². The molecule has 0 amide bonds. The fraction of sp³-hybridized carbons (Fsp3) is 0.333. The molecule has 1 aliphatic heterocycles. The second-order valence-corrected chi connectivity index (χ2v) is 4.15. The number of aliphatic hydroxyl groups excluding tert-OH is 1. The molecule has 18 heavy (non-hydrogen) atoms. The van der Waals surface area contributed by atoms with Gasteiger partial charge in [0, 0.05) is 24.3 Å². The number of aliphatic hydroxyl groups is 2. The predicted molar refractivity (Wildman–Crippen MR) is 62.7 cm³/mol. The van der Waals surface area contributed by atoms with Crippen LogP contribution >= 0.6 is 0 Å². The second-order valence-electron chi connectivity index (χ2n) is 4.15. The van der Waals surface area contributed by atoms with Gasteiger partial charge in [-0.1, -0.05) is 6.07 Å². The minimum absolute atomic E-state index is 0.0218. The number of halogens is 2. The Kier molecular flexibility index (Phi) is 3.49. The van der Waals surface area contributed by atoms with Crippen molar-refractivity contribution in [2.24, 2.45) is 9.98 Å². The normalized spacial score (nSPS) is 21.2. The molecule has 2 unspecified atom stereocenters. The maximum absolute atomic E-state index is 13.6. The highest BCUT2D eigenvalue weighted by Crippen LogP contribution is 2.29. The lowest BCUT2D eigenvalue weighted by atomic mass is 9.88. The summed E-state index contributed by atoms with van der Waals surface area (Å²) < 4.78 is 26.4. The van der Waals surface area contributed by atoms with Gasteiger partial charge in [0.1, 0.15) is 23.6 Å². The molecule has 1 aromatic rings. The highest BCUT2D eigenvalue weighted by Gasteiger charge is 2.34. The average Bonchev–Trinajstić information content (AvgIpc) is 2.81. The topological polar surface area (TPSA) is 65.2 Å². The van der Waals surface area contributed by atoms with Gasteiger partial charge in [-0.05, 0) is 6.07 Å². The Hall–Kier alpha value is -1.66. The molecule has 0 saturated heterocycles. The maximum Gasteiger partial charge on any atom is 0.132 e. The molecule has 1 aliphatic rings. The third-order valence-electron chi connectivity index (χ3n) is 2.82. The van der Waals surface area contributed by atoms with Gasteiger partial charge >= 0.3 is 0 Å². The first-order chi connectivity index (χ1) is 8.55. The number of rotatable bonds is 4. The van der Waals surface area contributed by atoms with Crippen LogP contribution in [0, 0.1) is 11.6 Å². The lowest BCUT2D eigenvalue weighted by Crippen LogP contribution is -2.35. The van der Waals surface area contributed by atoms with Crippen LogP contribution in [-0.4, -0.2) is 35.4 Å². The molecule has 4 nitrogen and oxygen atoms in total. The standard InChI is InChI=1S/C12H12F2N2O2/c13-8-1-2-10(11(14)3-8)12(18,6-17)4-9-5-15-7-16-9/h1-3,5,7,9,17-18H,4,6H2. The van der Waals surface area contributed by atoms with Crippen molar-refractivity contribution in [3.8, 4) is 0 Å². The molecule has 0 spiro atoms. The molecule has 0 radical (unpaired) electrons. The Morgan fingerprint density at radius 1 is 1.33 bits per heavy atom. The number of hydrogen-bond donors (Lipinski definition) is 2. The third kappa shape index (κ3) is 2.44. The van der Waals surface area contributed by atoms with E-state index in [1.54, 1.807) is 0 Å². The Labute approximate surface area is 102 Å². The molecule has 6 heteroatoms. The SMILES string of the molecule is OCC(O)(CC1C=NC=N1)c1ccc(F)cc1F. The molecule has 2 rings (SSSR count). The van der Waals surface area contributed by atoms with Crippen LogP contribution in [-0.2, 0) is 5.60 Å². The number of nitrogens with zero attached hydrogens (tertiary/aromatic N) is 2. The Morgan fingerprint density at radius 3 is 2.67 bits per heavy atom. The van der Waals surface area contributed by atoms with Crippen LogP contribution in [0.3, 0.4) is 0 Å². The fourth-order valence-electron chi connectivity index (χ4n) is 1.88. The molecule has 1 heterocycles. The molecular formula is C12H12F2N2O2. The summed E-state index contributed by atoms with van der Waals surface area (Å²) in [6.07, 6.45) is 2.79. The molecule has 0 aliphatic carbocycles. The van der Waals surface area contributed by atoms with Crippen LogP contribution in [0.15, 0.2) is 28.2 Å².